The second-order valence-electron chi connectivity index (χ2n) is 6.37. The number of fused-ring (bicyclic) bond motifs is 2. The van der Waals surface area contributed by atoms with E-state index in [2.05, 4.69) is 15.0 Å². The number of aliphatic imine (C=N–C) groups is 1. The molecule has 2 aromatic carbocycles. The van der Waals surface area contributed by atoms with Crippen molar-refractivity contribution in [3.8, 4) is 22.8 Å². The molecule has 8 nitrogen and oxygen atoms in total. The van der Waals surface area contributed by atoms with Crippen LogP contribution in [0, 0.1) is 0 Å². The van der Waals surface area contributed by atoms with Gasteiger partial charge in [-0.2, -0.15) is 4.98 Å². The maximum atomic E-state index is 6.28. The van der Waals surface area contributed by atoms with Gasteiger partial charge in [0.05, 0.1) is 11.3 Å². The minimum atomic E-state index is 0.178. The molecular formula is C19H19N7O. The van der Waals surface area contributed by atoms with Gasteiger partial charge in [0.15, 0.2) is 5.75 Å². The molecule has 0 bridgehead atoms. The van der Waals surface area contributed by atoms with Gasteiger partial charge in [-0.3, -0.25) is 0 Å². The van der Waals surface area contributed by atoms with Crippen molar-refractivity contribution in [2.45, 2.75) is 0 Å². The largest absolute Gasteiger partial charge is 0.454 e. The van der Waals surface area contributed by atoms with Gasteiger partial charge in [0.2, 0.25) is 5.95 Å². The molecular weight excluding hydrogens is 342 g/mol. The van der Waals surface area contributed by atoms with Crippen LogP contribution in [-0.2, 0) is 0 Å². The van der Waals surface area contributed by atoms with Gasteiger partial charge < -0.3 is 26.8 Å². The molecule has 4 rings (SSSR count). The second-order valence-corrected chi connectivity index (χ2v) is 6.37. The third-order valence-electron chi connectivity index (χ3n) is 4.20. The number of hydrogen-bond acceptors (Lipinski definition) is 8. The van der Waals surface area contributed by atoms with Gasteiger partial charge in [-0.15, -0.1) is 0 Å². The highest BCUT2D eigenvalue weighted by Crippen LogP contribution is 2.40. The summed E-state index contributed by atoms with van der Waals surface area (Å²) < 4.78 is 6.06. The van der Waals surface area contributed by atoms with Crippen LogP contribution < -0.4 is 26.8 Å². The van der Waals surface area contributed by atoms with Gasteiger partial charge in [0, 0.05) is 31.4 Å². The first kappa shape index (κ1) is 16.6. The van der Waals surface area contributed by atoms with Gasteiger partial charge in [0.1, 0.15) is 23.1 Å². The number of anilines is 3. The van der Waals surface area contributed by atoms with Crippen molar-refractivity contribution >= 4 is 29.0 Å². The van der Waals surface area contributed by atoms with E-state index in [9.17, 15) is 0 Å². The van der Waals surface area contributed by atoms with Crippen molar-refractivity contribution in [3.63, 3.8) is 0 Å². The van der Waals surface area contributed by atoms with Crippen molar-refractivity contribution in [2.24, 2.45) is 10.7 Å². The lowest BCUT2D eigenvalue weighted by Crippen LogP contribution is -2.15. The number of rotatable bonds is 2. The van der Waals surface area contributed by atoms with Crippen LogP contribution in [0.15, 0.2) is 47.5 Å². The monoisotopic (exact) mass is 361 g/mol. The summed E-state index contributed by atoms with van der Waals surface area (Å²) in [6, 6.07) is 12.8. The van der Waals surface area contributed by atoms with E-state index >= 15 is 0 Å². The summed E-state index contributed by atoms with van der Waals surface area (Å²) in [5, 5.41) is 0. The molecule has 0 spiro atoms. The minimum absolute atomic E-state index is 0.178. The van der Waals surface area contributed by atoms with Crippen LogP contribution in [-0.4, -0.2) is 29.9 Å². The molecule has 1 aliphatic rings. The fraction of sp³-hybridized carbons (Fsp3) is 0.105. The summed E-state index contributed by atoms with van der Waals surface area (Å²) in [7, 11) is 3.77. The molecule has 0 aliphatic carbocycles. The lowest BCUT2D eigenvalue weighted by Gasteiger charge is -2.15. The number of ether oxygens (including phenoxy) is 1. The molecule has 8 heteroatoms. The Morgan fingerprint density at radius 2 is 1.70 bits per heavy atom. The Balaban J connectivity index is 1.89. The number of nitrogen functional groups attached to an aromatic ring is 2. The maximum Gasteiger partial charge on any atom is 0.222 e. The average molecular weight is 361 g/mol. The molecule has 0 atom stereocenters. The first-order valence-corrected chi connectivity index (χ1v) is 8.29. The van der Waals surface area contributed by atoms with E-state index in [-0.39, 0.29) is 5.95 Å². The number of benzene rings is 2. The van der Waals surface area contributed by atoms with Crippen molar-refractivity contribution in [2.75, 3.05) is 30.5 Å². The van der Waals surface area contributed by atoms with Crippen molar-refractivity contribution < 1.29 is 4.74 Å². The molecule has 0 unspecified atom stereocenters. The lowest BCUT2D eigenvalue weighted by molar-refractivity contribution is 0.485. The topological polar surface area (TPSA) is 129 Å². The van der Waals surface area contributed by atoms with Gasteiger partial charge in [-0.05, 0) is 24.3 Å². The molecule has 0 radical (unpaired) electrons. The molecule has 0 saturated carbocycles. The third kappa shape index (κ3) is 2.97. The summed E-state index contributed by atoms with van der Waals surface area (Å²) in [4.78, 5) is 14.8. The fourth-order valence-corrected chi connectivity index (χ4v) is 2.91. The number of hydrogen-bond donors (Lipinski definition) is 3. The molecule has 27 heavy (non-hydrogen) atoms. The Morgan fingerprint density at radius 3 is 2.48 bits per heavy atom. The maximum absolute atomic E-state index is 6.28. The highest BCUT2D eigenvalue weighted by Gasteiger charge is 2.21. The minimum Gasteiger partial charge on any atom is -0.454 e. The summed E-state index contributed by atoms with van der Waals surface area (Å²) in [5.74, 6) is 2.29. The van der Waals surface area contributed by atoms with Gasteiger partial charge in [0.25, 0.3) is 0 Å². The normalized spacial score (nSPS) is 12.3. The molecule has 2 heterocycles. The standard InChI is InChI=1S/C19H19N7O/c1-26(2)16-9-13(24-19(22)25-16)10-7-11(20)17-15(8-10)27-14-6-4-3-5-12(14)23-18(17)21/h3-9H,20H2,1-2H3,(H2,21,23)(H2,22,24,25). The van der Waals surface area contributed by atoms with E-state index in [0.29, 0.717) is 45.8 Å². The number of nitrogens with two attached hydrogens (primary N) is 3. The van der Waals surface area contributed by atoms with Gasteiger partial charge >= 0.3 is 0 Å². The highest BCUT2D eigenvalue weighted by molar-refractivity contribution is 6.07. The van der Waals surface area contributed by atoms with Crippen molar-refractivity contribution in [1.82, 2.24) is 9.97 Å². The molecule has 0 amide bonds. The Hall–Kier alpha value is -3.81. The third-order valence-corrected chi connectivity index (χ3v) is 4.20. The van der Waals surface area contributed by atoms with Crippen LogP contribution >= 0.6 is 0 Å². The highest BCUT2D eigenvalue weighted by atomic mass is 16.5. The van der Waals surface area contributed by atoms with Gasteiger partial charge in [-0.25, -0.2) is 9.98 Å². The fourth-order valence-electron chi connectivity index (χ4n) is 2.91. The number of para-hydroxylation sites is 2. The van der Waals surface area contributed by atoms with Crippen LogP contribution in [0.2, 0.25) is 0 Å². The summed E-state index contributed by atoms with van der Waals surface area (Å²) >= 11 is 0. The van der Waals surface area contributed by atoms with Crippen LogP contribution in [0.5, 0.6) is 11.5 Å². The van der Waals surface area contributed by atoms with E-state index in [1.54, 1.807) is 6.07 Å². The van der Waals surface area contributed by atoms with Crippen LogP contribution in [0.1, 0.15) is 5.56 Å². The van der Waals surface area contributed by atoms with Crippen LogP contribution in [0.4, 0.5) is 23.1 Å². The summed E-state index contributed by atoms with van der Waals surface area (Å²) in [6.07, 6.45) is 0. The predicted molar refractivity (Wildman–Crippen MR) is 108 cm³/mol. The zero-order valence-corrected chi connectivity index (χ0v) is 15.0. The molecule has 0 fully saturated rings. The van der Waals surface area contributed by atoms with Crippen molar-refractivity contribution in [1.29, 1.82) is 0 Å². The van der Waals surface area contributed by atoms with Crippen molar-refractivity contribution in [3.05, 3.63) is 48.0 Å². The Morgan fingerprint density at radius 1 is 0.926 bits per heavy atom. The smallest absolute Gasteiger partial charge is 0.222 e. The van der Waals surface area contributed by atoms with Crippen LogP contribution in [0.25, 0.3) is 11.3 Å². The Labute approximate surface area is 156 Å². The molecule has 1 aromatic heterocycles. The van der Waals surface area contributed by atoms with Crippen LogP contribution in [0.3, 0.4) is 0 Å². The zero-order valence-electron chi connectivity index (χ0n) is 15.0. The van der Waals surface area contributed by atoms with Gasteiger partial charge in [-0.1, -0.05) is 12.1 Å². The summed E-state index contributed by atoms with van der Waals surface area (Å²) in [5.41, 5.74) is 21.4. The van der Waals surface area contributed by atoms with E-state index in [4.69, 9.17) is 21.9 Å². The number of amidine groups is 1. The zero-order chi connectivity index (χ0) is 19.1. The van der Waals surface area contributed by atoms with E-state index in [1.165, 1.54) is 0 Å². The lowest BCUT2D eigenvalue weighted by atomic mass is 10.0. The molecule has 6 N–H and O–H groups in total. The van der Waals surface area contributed by atoms with E-state index < -0.39 is 0 Å². The number of nitrogens with zero attached hydrogens (tertiary/aromatic N) is 4. The number of aromatic nitrogens is 2. The second kappa shape index (κ2) is 6.17. The predicted octanol–water partition coefficient (Wildman–Crippen LogP) is 2.52. The van der Waals surface area contributed by atoms with E-state index in [1.807, 2.05) is 55.4 Å². The quantitative estimate of drug-likeness (QED) is 0.598. The Bertz CT molecular complexity index is 1080. The average Bonchev–Trinajstić information content (AvgIpc) is 2.76. The molecule has 0 saturated heterocycles. The summed E-state index contributed by atoms with van der Waals surface area (Å²) in [6.45, 7) is 0. The molecule has 1 aliphatic heterocycles. The van der Waals surface area contributed by atoms with E-state index in [0.717, 1.165) is 5.56 Å². The first-order valence-electron chi connectivity index (χ1n) is 8.29. The first-order chi connectivity index (χ1) is 12.9. The Kier molecular flexibility index (Phi) is 3.80. The molecule has 136 valence electrons. The SMILES string of the molecule is CN(C)c1cc(-c2cc(N)c3c(c2)Oc2ccccc2N=C3N)nc(N)n1. The molecule has 3 aromatic rings.